The van der Waals surface area contributed by atoms with Crippen LogP contribution in [0.4, 0.5) is 0 Å². The third-order valence-electron chi connectivity index (χ3n) is 4.41. The predicted molar refractivity (Wildman–Crippen MR) is 110 cm³/mol. The van der Waals surface area contributed by atoms with Gasteiger partial charge in [0.05, 0.1) is 11.1 Å². The standard InChI is InChI=1S/C21H20N2O5S.H2/c1-21(2,25)14-5-3-13(4-6-14)10-22-19(24)18-20(23-11-29-18)28-15-7-8-16-17(9-15)27-12-26-16;/h3-9,11,25H,10,12H2,1-2H3,(H,22,24);1H. The summed E-state index contributed by atoms with van der Waals surface area (Å²) in [6.45, 7) is 4.00. The summed E-state index contributed by atoms with van der Waals surface area (Å²) in [5.74, 6) is 1.73. The fourth-order valence-electron chi connectivity index (χ4n) is 2.80. The zero-order valence-electron chi connectivity index (χ0n) is 16.0. The van der Waals surface area contributed by atoms with Crippen molar-refractivity contribution in [3.8, 4) is 23.1 Å². The minimum atomic E-state index is -0.897. The van der Waals surface area contributed by atoms with Crippen LogP contribution >= 0.6 is 11.3 Å². The molecule has 29 heavy (non-hydrogen) atoms. The second kappa shape index (κ2) is 7.73. The van der Waals surface area contributed by atoms with E-state index in [1.165, 1.54) is 11.3 Å². The summed E-state index contributed by atoms with van der Waals surface area (Å²) in [5.41, 5.74) is 2.41. The fraction of sp³-hybridized carbons (Fsp3) is 0.238. The van der Waals surface area contributed by atoms with Crippen molar-refractivity contribution < 1.29 is 25.5 Å². The number of hydrogen-bond acceptors (Lipinski definition) is 7. The maximum Gasteiger partial charge on any atom is 0.267 e. The lowest BCUT2D eigenvalue weighted by atomic mass is 9.97. The molecule has 8 heteroatoms. The number of amides is 1. The summed E-state index contributed by atoms with van der Waals surface area (Å²) in [4.78, 5) is 17.1. The maximum absolute atomic E-state index is 12.6. The second-order valence-corrected chi connectivity index (χ2v) is 7.90. The summed E-state index contributed by atoms with van der Waals surface area (Å²) < 4.78 is 16.4. The molecule has 0 unspecified atom stereocenters. The van der Waals surface area contributed by atoms with Crippen LogP contribution in [0.2, 0.25) is 0 Å². The molecule has 1 aliphatic heterocycles. The lowest BCUT2D eigenvalue weighted by Gasteiger charge is -2.17. The van der Waals surface area contributed by atoms with E-state index in [0.717, 1.165) is 11.1 Å². The SMILES string of the molecule is CC(C)(O)c1ccc(CNC(=O)c2scnc2Oc2ccc3c(c2)OCO3)cc1.[HH]. The van der Waals surface area contributed by atoms with Crippen molar-refractivity contribution in [2.45, 2.75) is 26.0 Å². The largest absolute Gasteiger partial charge is 0.454 e. The monoisotopic (exact) mass is 414 g/mol. The van der Waals surface area contributed by atoms with Crippen molar-refractivity contribution in [3.05, 3.63) is 64.0 Å². The number of hydrogen-bond donors (Lipinski definition) is 2. The van der Waals surface area contributed by atoms with Crippen molar-refractivity contribution in [1.29, 1.82) is 0 Å². The van der Waals surface area contributed by atoms with E-state index < -0.39 is 5.60 Å². The number of nitrogens with zero attached hydrogens (tertiary/aromatic N) is 1. The molecule has 4 rings (SSSR count). The minimum absolute atomic E-state index is 0. The number of ether oxygens (including phenoxy) is 3. The van der Waals surface area contributed by atoms with Crippen LogP contribution in [-0.4, -0.2) is 22.8 Å². The smallest absolute Gasteiger partial charge is 0.267 e. The van der Waals surface area contributed by atoms with E-state index in [4.69, 9.17) is 14.2 Å². The van der Waals surface area contributed by atoms with Gasteiger partial charge in [0, 0.05) is 14.0 Å². The number of carbonyl (C=O) groups is 1. The molecular formula is C21H22N2O5S. The number of rotatable bonds is 6. The van der Waals surface area contributed by atoms with Gasteiger partial charge >= 0.3 is 0 Å². The Morgan fingerprint density at radius 2 is 2.00 bits per heavy atom. The van der Waals surface area contributed by atoms with Crippen molar-refractivity contribution in [3.63, 3.8) is 0 Å². The maximum atomic E-state index is 12.6. The van der Waals surface area contributed by atoms with Gasteiger partial charge in [0.1, 0.15) is 5.75 Å². The van der Waals surface area contributed by atoms with E-state index in [1.54, 1.807) is 37.6 Å². The Kier molecular flexibility index (Phi) is 5.12. The number of nitrogens with one attached hydrogen (secondary N) is 1. The van der Waals surface area contributed by atoms with Gasteiger partial charge in [-0.25, -0.2) is 4.98 Å². The van der Waals surface area contributed by atoms with Crippen molar-refractivity contribution in [1.82, 2.24) is 10.3 Å². The highest BCUT2D eigenvalue weighted by Crippen LogP contribution is 2.37. The average Bonchev–Trinajstić information content (AvgIpc) is 3.34. The van der Waals surface area contributed by atoms with E-state index in [9.17, 15) is 9.90 Å². The summed E-state index contributed by atoms with van der Waals surface area (Å²) in [7, 11) is 0. The first kappa shape index (κ1) is 19.2. The van der Waals surface area contributed by atoms with Crippen LogP contribution in [0.5, 0.6) is 23.1 Å². The van der Waals surface area contributed by atoms with Gasteiger partial charge in [-0.2, -0.15) is 0 Å². The zero-order chi connectivity index (χ0) is 20.4. The molecule has 152 valence electrons. The van der Waals surface area contributed by atoms with Crippen LogP contribution in [0.15, 0.2) is 48.0 Å². The molecule has 0 radical (unpaired) electrons. The van der Waals surface area contributed by atoms with Crippen LogP contribution in [0.1, 0.15) is 36.1 Å². The molecule has 0 saturated carbocycles. The van der Waals surface area contributed by atoms with Crippen molar-refractivity contribution >= 4 is 17.2 Å². The quantitative estimate of drug-likeness (QED) is 0.632. The summed E-state index contributed by atoms with van der Waals surface area (Å²) in [6, 6.07) is 12.6. The van der Waals surface area contributed by atoms with E-state index in [0.29, 0.717) is 28.7 Å². The molecular weight excluding hydrogens is 392 g/mol. The average molecular weight is 414 g/mol. The highest BCUT2D eigenvalue weighted by atomic mass is 32.1. The molecule has 0 saturated heterocycles. The number of aliphatic hydroxyl groups is 1. The third kappa shape index (κ3) is 4.33. The Morgan fingerprint density at radius 1 is 1.24 bits per heavy atom. The number of thiazole rings is 1. The van der Waals surface area contributed by atoms with Crippen LogP contribution in [0, 0.1) is 0 Å². The molecule has 3 aromatic rings. The first-order valence-corrected chi connectivity index (χ1v) is 9.89. The van der Waals surface area contributed by atoms with Crippen LogP contribution in [0.3, 0.4) is 0 Å². The van der Waals surface area contributed by atoms with Gasteiger partial charge in [0.15, 0.2) is 16.4 Å². The molecule has 0 atom stereocenters. The molecule has 2 heterocycles. The van der Waals surface area contributed by atoms with Gasteiger partial charge < -0.3 is 24.6 Å². The Hall–Kier alpha value is -3.10. The normalized spacial score (nSPS) is 12.7. The number of benzene rings is 2. The van der Waals surface area contributed by atoms with Gasteiger partial charge in [0.25, 0.3) is 5.91 Å². The van der Waals surface area contributed by atoms with E-state index >= 15 is 0 Å². The van der Waals surface area contributed by atoms with E-state index in [2.05, 4.69) is 10.3 Å². The lowest BCUT2D eigenvalue weighted by molar-refractivity contribution is 0.0785. The van der Waals surface area contributed by atoms with Gasteiger partial charge in [0.2, 0.25) is 12.7 Å². The molecule has 2 N–H and O–H groups in total. The number of fused-ring (bicyclic) bond motifs is 1. The topological polar surface area (TPSA) is 89.9 Å². The summed E-state index contributed by atoms with van der Waals surface area (Å²) in [5, 5.41) is 12.9. The molecule has 0 aliphatic carbocycles. The third-order valence-corrected chi connectivity index (χ3v) is 5.22. The summed E-state index contributed by atoms with van der Waals surface area (Å²) in [6.07, 6.45) is 0. The Balaban J connectivity index is 0.00000256. The molecule has 0 spiro atoms. The molecule has 1 aromatic heterocycles. The van der Waals surface area contributed by atoms with Crippen LogP contribution in [0.25, 0.3) is 0 Å². The first-order valence-electron chi connectivity index (χ1n) is 9.01. The highest BCUT2D eigenvalue weighted by molar-refractivity contribution is 7.12. The zero-order valence-corrected chi connectivity index (χ0v) is 16.8. The molecule has 7 nitrogen and oxygen atoms in total. The lowest BCUT2D eigenvalue weighted by Crippen LogP contribution is -2.22. The van der Waals surface area contributed by atoms with Gasteiger partial charge in [-0.15, -0.1) is 11.3 Å². The Labute approximate surface area is 173 Å². The molecule has 0 bridgehead atoms. The van der Waals surface area contributed by atoms with Crippen molar-refractivity contribution in [2.75, 3.05) is 6.79 Å². The Morgan fingerprint density at radius 3 is 2.76 bits per heavy atom. The van der Waals surface area contributed by atoms with Crippen LogP contribution < -0.4 is 19.5 Å². The predicted octanol–water partition coefficient (Wildman–Crippen LogP) is 4.07. The second-order valence-electron chi connectivity index (χ2n) is 7.04. The number of carbonyl (C=O) groups excluding carboxylic acids is 1. The highest BCUT2D eigenvalue weighted by Gasteiger charge is 2.19. The summed E-state index contributed by atoms with van der Waals surface area (Å²) >= 11 is 1.21. The Bertz CT molecular complexity index is 1030. The van der Waals surface area contributed by atoms with E-state index in [1.807, 2.05) is 24.3 Å². The fourth-order valence-corrected chi connectivity index (χ4v) is 3.43. The molecule has 2 aromatic carbocycles. The minimum Gasteiger partial charge on any atom is -0.454 e. The van der Waals surface area contributed by atoms with Crippen LogP contribution in [-0.2, 0) is 12.1 Å². The molecule has 0 fully saturated rings. The van der Waals surface area contributed by atoms with Gasteiger partial charge in [-0.3, -0.25) is 4.79 Å². The first-order chi connectivity index (χ1) is 13.9. The van der Waals surface area contributed by atoms with E-state index in [-0.39, 0.29) is 20.0 Å². The van der Waals surface area contributed by atoms with Crippen molar-refractivity contribution in [2.24, 2.45) is 0 Å². The molecule has 1 aliphatic rings. The van der Waals surface area contributed by atoms with Gasteiger partial charge in [-0.05, 0) is 37.1 Å². The molecule has 1 amide bonds. The number of aromatic nitrogens is 1. The van der Waals surface area contributed by atoms with Gasteiger partial charge in [-0.1, -0.05) is 24.3 Å².